The van der Waals surface area contributed by atoms with E-state index >= 15 is 0 Å². The molecule has 8 heteroatoms. The molecule has 8 nitrogen and oxygen atoms in total. The van der Waals surface area contributed by atoms with Crippen molar-refractivity contribution in [2.75, 3.05) is 18.5 Å². The molecule has 2 heterocycles. The van der Waals surface area contributed by atoms with Crippen molar-refractivity contribution in [1.29, 1.82) is 0 Å². The van der Waals surface area contributed by atoms with Crippen LogP contribution in [0.5, 0.6) is 23.0 Å². The molecule has 0 bridgehead atoms. The number of nitrogens with one attached hydrogen (secondary N) is 1. The second kappa shape index (κ2) is 7.44. The lowest BCUT2D eigenvalue weighted by Gasteiger charge is -2.24. The number of anilines is 1. The van der Waals surface area contributed by atoms with Crippen molar-refractivity contribution in [2.24, 2.45) is 0 Å². The third-order valence-corrected chi connectivity index (χ3v) is 5.30. The number of fused-ring (bicyclic) bond motifs is 2. The van der Waals surface area contributed by atoms with Gasteiger partial charge in [-0.25, -0.2) is 4.79 Å². The minimum absolute atomic E-state index is 0.0291. The molecular formula is C22H21NO7. The molecule has 0 radical (unpaired) electrons. The Hall–Kier alpha value is -3.42. The molecule has 3 aliphatic rings. The highest BCUT2D eigenvalue weighted by atomic mass is 16.7. The summed E-state index contributed by atoms with van der Waals surface area (Å²) in [6.07, 6.45) is 2.95. The van der Waals surface area contributed by atoms with Crippen LogP contribution in [0.15, 0.2) is 42.5 Å². The molecule has 0 aromatic heterocycles. The lowest BCUT2D eigenvalue weighted by Crippen LogP contribution is -2.39. The topological polar surface area (TPSA) is 92.3 Å². The predicted molar refractivity (Wildman–Crippen MR) is 105 cm³/mol. The Labute approximate surface area is 173 Å². The molecule has 1 spiro atoms. The number of rotatable bonds is 4. The SMILES string of the molecule is O=C(COC(=O)C1COc2ccccc2O1)Nc1ccc2c(c1)OC1(CCCC1)O2. The number of benzene rings is 2. The molecule has 1 aliphatic carbocycles. The van der Waals surface area contributed by atoms with E-state index in [9.17, 15) is 9.59 Å². The summed E-state index contributed by atoms with van der Waals surface area (Å²) in [5.41, 5.74) is 0.541. The Morgan fingerprint density at radius 2 is 1.77 bits per heavy atom. The summed E-state index contributed by atoms with van der Waals surface area (Å²) in [4.78, 5) is 24.4. The van der Waals surface area contributed by atoms with Crippen molar-refractivity contribution >= 4 is 17.6 Å². The smallest absolute Gasteiger partial charge is 0.351 e. The van der Waals surface area contributed by atoms with Crippen molar-refractivity contribution < 1.29 is 33.3 Å². The van der Waals surface area contributed by atoms with Gasteiger partial charge in [0.25, 0.3) is 11.7 Å². The van der Waals surface area contributed by atoms with E-state index in [-0.39, 0.29) is 6.61 Å². The van der Waals surface area contributed by atoms with Gasteiger partial charge in [-0.15, -0.1) is 0 Å². The van der Waals surface area contributed by atoms with Crippen LogP contribution in [0.1, 0.15) is 25.7 Å². The summed E-state index contributed by atoms with van der Waals surface area (Å²) >= 11 is 0. The quantitative estimate of drug-likeness (QED) is 0.773. The zero-order valence-electron chi connectivity index (χ0n) is 16.2. The van der Waals surface area contributed by atoms with Crippen molar-refractivity contribution in [1.82, 2.24) is 0 Å². The highest BCUT2D eigenvalue weighted by molar-refractivity contribution is 5.93. The van der Waals surface area contributed by atoms with E-state index in [0.717, 1.165) is 25.7 Å². The molecule has 2 aliphatic heterocycles. The van der Waals surface area contributed by atoms with Gasteiger partial charge in [0.15, 0.2) is 29.6 Å². The van der Waals surface area contributed by atoms with E-state index in [1.54, 1.807) is 36.4 Å². The second-order valence-electron chi connectivity index (χ2n) is 7.50. The molecule has 1 atom stereocenters. The van der Waals surface area contributed by atoms with Crippen LogP contribution < -0.4 is 24.3 Å². The maximum absolute atomic E-state index is 12.2. The number of carbonyl (C=O) groups excluding carboxylic acids is 2. The highest BCUT2D eigenvalue weighted by Gasteiger charge is 2.44. The highest BCUT2D eigenvalue weighted by Crippen LogP contribution is 2.47. The molecule has 156 valence electrons. The number of hydrogen-bond donors (Lipinski definition) is 1. The summed E-state index contributed by atoms with van der Waals surface area (Å²) in [7, 11) is 0. The third kappa shape index (κ3) is 3.60. The van der Waals surface area contributed by atoms with E-state index in [4.69, 9.17) is 23.7 Å². The zero-order chi connectivity index (χ0) is 20.6. The molecule has 0 saturated heterocycles. The van der Waals surface area contributed by atoms with Gasteiger partial charge in [-0.1, -0.05) is 12.1 Å². The maximum Gasteiger partial charge on any atom is 0.351 e. The molecule has 1 amide bonds. The number of esters is 1. The van der Waals surface area contributed by atoms with Crippen molar-refractivity contribution in [2.45, 2.75) is 37.6 Å². The molecule has 1 N–H and O–H groups in total. The number of para-hydroxylation sites is 2. The Morgan fingerprint density at radius 3 is 2.60 bits per heavy atom. The van der Waals surface area contributed by atoms with Gasteiger partial charge in [0.2, 0.25) is 6.10 Å². The Bertz CT molecular complexity index is 983. The van der Waals surface area contributed by atoms with Gasteiger partial charge in [-0.05, 0) is 37.1 Å². The first-order valence-corrected chi connectivity index (χ1v) is 9.97. The number of amides is 1. The molecule has 2 aromatic carbocycles. The Balaban J connectivity index is 1.14. The Morgan fingerprint density at radius 1 is 1.00 bits per heavy atom. The monoisotopic (exact) mass is 411 g/mol. The summed E-state index contributed by atoms with van der Waals surface area (Å²) in [6.45, 7) is -0.403. The molecule has 30 heavy (non-hydrogen) atoms. The largest absolute Gasteiger partial charge is 0.485 e. The lowest BCUT2D eigenvalue weighted by molar-refractivity contribution is -0.156. The average molecular weight is 411 g/mol. The second-order valence-corrected chi connectivity index (χ2v) is 7.50. The van der Waals surface area contributed by atoms with Gasteiger partial charge in [0, 0.05) is 24.6 Å². The number of ether oxygens (including phenoxy) is 5. The molecule has 5 rings (SSSR count). The molecular weight excluding hydrogens is 390 g/mol. The van der Waals surface area contributed by atoms with Crippen LogP contribution in [-0.2, 0) is 14.3 Å². The Kier molecular flexibility index (Phi) is 4.61. The molecule has 1 unspecified atom stereocenters. The minimum Gasteiger partial charge on any atom is -0.485 e. The van der Waals surface area contributed by atoms with Crippen LogP contribution in [0.3, 0.4) is 0 Å². The van der Waals surface area contributed by atoms with Crippen molar-refractivity contribution in [3.8, 4) is 23.0 Å². The van der Waals surface area contributed by atoms with Gasteiger partial charge < -0.3 is 29.0 Å². The van der Waals surface area contributed by atoms with Gasteiger partial charge in [0.05, 0.1) is 0 Å². The minimum atomic E-state index is -0.916. The van der Waals surface area contributed by atoms with E-state index in [2.05, 4.69) is 5.32 Å². The van der Waals surface area contributed by atoms with Crippen LogP contribution in [0.2, 0.25) is 0 Å². The number of hydrogen-bond acceptors (Lipinski definition) is 7. The third-order valence-electron chi connectivity index (χ3n) is 5.30. The van der Waals surface area contributed by atoms with Gasteiger partial charge in [0.1, 0.15) is 6.61 Å². The predicted octanol–water partition coefficient (Wildman–Crippen LogP) is 3.05. The van der Waals surface area contributed by atoms with Crippen LogP contribution in [-0.4, -0.2) is 37.0 Å². The van der Waals surface area contributed by atoms with Gasteiger partial charge in [-0.3, -0.25) is 4.79 Å². The lowest BCUT2D eigenvalue weighted by atomic mass is 10.2. The molecule has 1 fully saturated rings. The van der Waals surface area contributed by atoms with Crippen LogP contribution in [0.25, 0.3) is 0 Å². The van der Waals surface area contributed by atoms with Crippen LogP contribution in [0.4, 0.5) is 5.69 Å². The summed E-state index contributed by atoms with van der Waals surface area (Å²) < 4.78 is 28.1. The first-order chi connectivity index (χ1) is 14.6. The fraction of sp³-hybridized carbons (Fsp3) is 0.364. The summed E-state index contributed by atoms with van der Waals surface area (Å²) in [6, 6.07) is 12.3. The fourth-order valence-corrected chi connectivity index (χ4v) is 3.85. The fourth-order valence-electron chi connectivity index (χ4n) is 3.85. The summed E-state index contributed by atoms with van der Waals surface area (Å²) in [5.74, 6) is 0.649. The van der Waals surface area contributed by atoms with Crippen molar-refractivity contribution in [3.63, 3.8) is 0 Å². The van der Waals surface area contributed by atoms with Crippen LogP contribution in [0, 0.1) is 0 Å². The van der Waals surface area contributed by atoms with E-state index in [1.807, 2.05) is 6.07 Å². The standard InChI is InChI=1S/C22H21NO7/c24-20(13-27-21(25)19-12-26-15-5-1-2-6-16(15)28-19)23-14-7-8-17-18(11-14)30-22(29-17)9-3-4-10-22/h1-2,5-8,11,19H,3-4,9-10,12-13H2,(H,23,24). The van der Waals surface area contributed by atoms with Crippen LogP contribution >= 0.6 is 0 Å². The number of carbonyl (C=O) groups is 2. The maximum atomic E-state index is 12.2. The first kappa shape index (κ1) is 18.6. The van der Waals surface area contributed by atoms with E-state index in [1.165, 1.54) is 0 Å². The first-order valence-electron chi connectivity index (χ1n) is 9.97. The van der Waals surface area contributed by atoms with Crippen molar-refractivity contribution in [3.05, 3.63) is 42.5 Å². The van der Waals surface area contributed by atoms with E-state index < -0.39 is 30.4 Å². The zero-order valence-corrected chi connectivity index (χ0v) is 16.2. The average Bonchev–Trinajstić information content (AvgIpc) is 3.37. The van der Waals surface area contributed by atoms with Gasteiger partial charge >= 0.3 is 5.97 Å². The van der Waals surface area contributed by atoms with E-state index in [0.29, 0.717) is 28.7 Å². The normalized spacial score (nSPS) is 20.1. The molecule has 1 saturated carbocycles. The summed E-state index contributed by atoms with van der Waals surface area (Å²) in [5, 5.41) is 2.70. The van der Waals surface area contributed by atoms with Gasteiger partial charge in [-0.2, -0.15) is 0 Å². The molecule has 2 aromatic rings.